The Kier molecular flexibility index (Phi) is 5.43. The highest BCUT2D eigenvalue weighted by Crippen LogP contribution is 2.47. The van der Waals surface area contributed by atoms with Crippen LogP contribution in [0.2, 0.25) is 0 Å². The molecule has 8 heteroatoms. The van der Waals surface area contributed by atoms with Crippen LogP contribution in [0.4, 0.5) is 13.2 Å². The second-order valence-electron chi connectivity index (χ2n) is 7.47. The molecule has 0 spiro atoms. The van der Waals surface area contributed by atoms with E-state index in [0.717, 1.165) is 35.1 Å². The number of aromatic hydroxyl groups is 1. The summed E-state index contributed by atoms with van der Waals surface area (Å²) in [7, 11) is -5.72. The summed E-state index contributed by atoms with van der Waals surface area (Å²) < 4.78 is 64.5. The van der Waals surface area contributed by atoms with Crippen molar-refractivity contribution in [1.29, 1.82) is 0 Å². The highest BCUT2D eigenvalue weighted by Gasteiger charge is 2.48. The molecular formula is C23H19F3O4S. The molecule has 0 heterocycles. The summed E-state index contributed by atoms with van der Waals surface area (Å²) >= 11 is 0. The molecule has 0 radical (unpaired) electrons. The van der Waals surface area contributed by atoms with Gasteiger partial charge in [-0.1, -0.05) is 48.5 Å². The summed E-state index contributed by atoms with van der Waals surface area (Å²) in [6, 6.07) is 20.8. The van der Waals surface area contributed by atoms with E-state index in [0.29, 0.717) is 0 Å². The molecule has 4 nitrogen and oxygen atoms in total. The number of fused-ring (bicyclic) bond motifs is 1. The fourth-order valence-electron chi connectivity index (χ4n) is 4.18. The molecule has 3 aromatic rings. The van der Waals surface area contributed by atoms with E-state index < -0.39 is 21.4 Å². The van der Waals surface area contributed by atoms with Crippen LogP contribution in [-0.2, 0) is 16.5 Å². The van der Waals surface area contributed by atoms with Crippen molar-refractivity contribution < 1.29 is 30.9 Å². The zero-order valence-corrected chi connectivity index (χ0v) is 17.0. The lowest BCUT2D eigenvalue weighted by Gasteiger charge is -2.34. The summed E-state index contributed by atoms with van der Waals surface area (Å²) in [5.41, 5.74) is -1.51. The Morgan fingerprint density at radius 1 is 0.903 bits per heavy atom. The molecule has 3 aromatic carbocycles. The molecular weight excluding hydrogens is 429 g/mol. The molecule has 0 fully saturated rings. The summed E-state index contributed by atoms with van der Waals surface area (Å²) in [6.07, 6.45) is 1.61. The van der Waals surface area contributed by atoms with Crippen LogP contribution < -0.4 is 4.18 Å². The third-order valence-corrected chi connectivity index (χ3v) is 6.52. The molecule has 2 unspecified atom stereocenters. The summed E-state index contributed by atoms with van der Waals surface area (Å²) in [5, 5.41) is 9.87. The van der Waals surface area contributed by atoms with Crippen molar-refractivity contribution in [2.75, 3.05) is 0 Å². The molecule has 2 atom stereocenters. The standard InChI is InChI=1S/C23H19F3O4S/c24-23(25,26)31(28,29)30-19-10-6-16(7-11-19)22-20(15-4-2-1-3-5-15)12-8-17-14-18(27)9-13-21(17)22/h1-7,9-11,13-14,20,22,27H,8,12H2. The van der Waals surface area contributed by atoms with Crippen LogP contribution in [0, 0.1) is 0 Å². The van der Waals surface area contributed by atoms with Crippen LogP contribution in [0.25, 0.3) is 0 Å². The van der Waals surface area contributed by atoms with Gasteiger partial charge in [-0.25, -0.2) is 0 Å². The van der Waals surface area contributed by atoms with Gasteiger partial charge >= 0.3 is 15.6 Å². The van der Waals surface area contributed by atoms with Gasteiger partial charge in [-0.15, -0.1) is 0 Å². The molecule has 0 saturated heterocycles. The molecule has 1 aliphatic carbocycles. The Morgan fingerprint density at radius 2 is 1.58 bits per heavy atom. The number of rotatable bonds is 4. The predicted octanol–water partition coefficient (Wildman–Crippen LogP) is 5.48. The number of aryl methyl sites for hydroxylation is 1. The Bertz CT molecular complexity index is 1170. The van der Waals surface area contributed by atoms with Gasteiger partial charge in [0.15, 0.2) is 0 Å². The van der Waals surface area contributed by atoms with Gasteiger partial charge in [-0.3, -0.25) is 0 Å². The topological polar surface area (TPSA) is 63.6 Å². The third kappa shape index (κ3) is 4.25. The molecule has 0 saturated carbocycles. The Balaban J connectivity index is 1.73. The van der Waals surface area contributed by atoms with Crippen LogP contribution in [0.15, 0.2) is 72.8 Å². The number of hydrogen-bond acceptors (Lipinski definition) is 4. The van der Waals surface area contributed by atoms with E-state index in [9.17, 15) is 26.7 Å². The largest absolute Gasteiger partial charge is 0.534 e. The monoisotopic (exact) mass is 448 g/mol. The second-order valence-corrected chi connectivity index (χ2v) is 9.01. The van der Waals surface area contributed by atoms with Crippen LogP contribution in [0.5, 0.6) is 11.5 Å². The van der Waals surface area contributed by atoms with E-state index in [1.165, 1.54) is 12.1 Å². The minimum atomic E-state index is -5.72. The highest BCUT2D eigenvalue weighted by atomic mass is 32.2. The molecule has 4 rings (SSSR count). The third-order valence-electron chi connectivity index (χ3n) is 5.55. The van der Waals surface area contributed by atoms with Crippen molar-refractivity contribution in [2.45, 2.75) is 30.2 Å². The predicted molar refractivity (Wildman–Crippen MR) is 109 cm³/mol. The SMILES string of the molecule is O=S(=O)(Oc1ccc(C2c3ccc(O)cc3CCC2c2ccccc2)cc1)C(F)(F)F. The van der Waals surface area contributed by atoms with Crippen LogP contribution in [-0.4, -0.2) is 19.0 Å². The maximum atomic E-state index is 12.6. The normalized spacial score (nSPS) is 18.9. The van der Waals surface area contributed by atoms with Gasteiger partial charge in [0, 0.05) is 5.92 Å². The lowest BCUT2D eigenvalue weighted by Crippen LogP contribution is -2.28. The number of halogens is 3. The zero-order valence-electron chi connectivity index (χ0n) is 16.2. The Labute approximate surface area is 178 Å². The minimum Gasteiger partial charge on any atom is -0.508 e. The van der Waals surface area contributed by atoms with Gasteiger partial charge < -0.3 is 9.29 Å². The van der Waals surface area contributed by atoms with Gasteiger partial charge in [0.2, 0.25) is 0 Å². The molecule has 1 aliphatic rings. The lowest BCUT2D eigenvalue weighted by atomic mass is 9.69. The molecule has 0 aliphatic heterocycles. The second kappa shape index (κ2) is 7.92. The number of phenols is 1. The Hall–Kier alpha value is -3.00. The fourth-order valence-corrected chi connectivity index (χ4v) is 4.64. The first-order valence-electron chi connectivity index (χ1n) is 9.63. The average molecular weight is 448 g/mol. The molecule has 31 heavy (non-hydrogen) atoms. The van der Waals surface area contributed by atoms with Crippen molar-refractivity contribution in [3.05, 3.63) is 95.1 Å². The van der Waals surface area contributed by atoms with E-state index in [1.54, 1.807) is 24.3 Å². The summed E-state index contributed by atoms with van der Waals surface area (Å²) in [6.45, 7) is 0. The average Bonchev–Trinajstić information content (AvgIpc) is 2.73. The van der Waals surface area contributed by atoms with E-state index in [4.69, 9.17) is 0 Å². The number of alkyl halides is 3. The zero-order chi connectivity index (χ0) is 22.2. The number of phenolic OH excluding ortho intramolecular Hbond substituents is 1. The van der Waals surface area contributed by atoms with E-state index in [1.807, 2.05) is 36.4 Å². The summed E-state index contributed by atoms with van der Waals surface area (Å²) in [4.78, 5) is 0. The van der Waals surface area contributed by atoms with Crippen molar-refractivity contribution in [3.8, 4) is 11.5 Å². The highest BCUT2D eigenvalue weighted by molar-refractivity contribution is 7.88. The molecule has 1 N–H and O–H groups in total. The van der Waals surface area contributed by atoms with Crippen molar-refractivity contribution in [1.82, 2.24) is 0 Å². The van der Waals surface area contributed by atoms with Gasteiger partial charge in [-0.05, 0) is 65.3 Å². The first-order valence-corrected chi connectivity index (χ1v) is 11.0. The molecule has 0 bridgehead atoms. The lowest BCUT2D eigenvalue weighted by molar-refractivity contribution is -0.0500. The maximum Gasteiger partial charge on any atom is 0.534 e. The van der Waals surface area contributed by atoms with Crippen molar-refractivity contribution in [3.63, 3.8) is 0 Å². The van der Waals surface area contributed by atoms with E-state index in [2.05, 4.69) is 4.18 Å². The van der Waals surface area contributed by atoms with Crippen molar-refractivity contribution in [2.24, 2.45) is 0 Å². The van der Waals surface area contributed by atoms with Crippen LogP contribution in [0.1, 0.15) is 40.5 Å². The Morgan fingerprint density at radius 3 is 2.23 bits per heavy atom. The fraction of sp³-hybridized carbons (Fsp3) is 0.217. The molecule has 0 amide bonds. The molecule has 0 aromatic heterocycles. The van der Waals surface area contributed by atoms with Gasteiger partial charge in [0.25, 0.3) is 0 Å². The van der Waals surface area contributed by atoms with Crippen molar-refractivity contribution >= 4 is 10.1 Å². The number of hydrogen-bond donors (Lipinski definition) is 1. The van der Waals surface area contributed by atoms with Gasteiger partial charge in [0.1, 0.15) is 11.5 Å². The van der Waals surface area contributed by atoms with Crippen LogP contribution in [0.3, 0.4) is 0 Å². The van der Waals surface area contributed by atoms with E-state index >= 15 is 0 Å². The van der Waals surface area contributed by atoms with Crippen LogP contribution >= 0.6 is 0 Å². The minimum absolute atomic E-state index is 0.111. The van der Waals surface area contributed by atoms with E-state index in [-0.39, 0.29) is 17.6 Å². The van der Waals surface area contributed by atoms with Gasteiger partial charge in [-0.2, -0.15) is 21.6 Å². The smallest absolute Gasteiger partial charge is 0.508 e. The first kappa shape index (κ1) is 21.2. The summed E-state index contributed by atoms with van der Waals surface area (Å²) in [5.74, 6) is -0.222. The maximum absolute atomic E-state index is 12.6. The quantitative estimate of drug-likeness (QED) is 0.424. The molecule has 162 valence electrons. The number of benzene rings is 3. The first-order chi connectivity index (χ1) is 14.7. The van der Waals surface area contributed by atoms with Gasteiger partial charge in [0.05, 0.1) is 0 Å².